The van der Waals surface area contributed by atoms with Crippen LogP contribution < -0.4 is 4.74 Å². The maximum absolute atomic E-state index is 13.1. The average molecular weight is 426 g/mol. The molecular weight excluding hydrogens is 410 g/mol. The van der Waals surface area contributed by atoms with Crippen molar-refractivity contribution in [3.05, 3.63) is 54.7 Å². The van der Waals surface area contributed by atoms with E-state index in [-0.39, 0.29) is 20.7 Å². The molecule has 0 bridgehead atoms. The summed E-state index contributed by atoms with van der Waals surface area (Å²) in [6.45, 7) is 0.554. The molecule has 2 aromatic carbocycles. The van der Waals surface area contributed by atoms with Gasteiger partial charge >= 0.3 is 0 Å². The van der Waals surface area contributed by atoms with Crippen molar-refractivity contribution in [1.29, 1.82) is 0 Å². The van der Waals surface area contributed by atoms with Crippen LogP contribution in [0.3, 0.4) is 0 Å². The molecule has 1 saturated carbocycles. The average Bonchev–Trinajstić information content (AvgIpc) is 3.37. The van der Waals surface area contributed by atoms with Crippen LogP contribution in [0.5, 0.6) is 5.75 Å². The van der Waals surface area contributed by atoms with Gasteiger partial charge in [0, 0.05) is 28.3 Å². The Kier molecular flexibility index (Phi) is 4.44. The third kappa shape index (κ3) is 3.56. The first-order chi connectivity index (χ1) is 12.8. The SMILES string of the molecule is O=S(=O)(Cl)c1cn(S(=O)(=O)c2ccccc2)c2cc(OCC3CC3)ccc12. The number of ether oxygens (including phenoxy) is 1. The number of aromatic nitrogens is 1. The number of hydrogen-bond acceptors (Lipinski definition) is 5. The van der Waals surface area contributed by atoms with E-state index in [1.54, 1.807) is 24.3 Å². The molecule has 1 heterocycles. The van der Waals surface area contributed by atoms with Crippen molar-refractivity contribution in [2.45, 2.75) is 22.6 Å². The van der Waals surface area contributed by atoms with E-state index in [9.17, 15) is 16.8 Å². The Bertz CT molecular complexity index is 1210. The van der Waals surface area contributed by atoms with Crippen molar-refractivity contribution in [2.24, 2.45) is 5.92 Å². The number of hydrogen-bond donors (Lipinski definition) is 0. The molecule has 27 heavy (non-hydrogen) atoms. The monoisotopic (exact) mass is 425 g/mol. The van der Waals surface area contributed by atoms with Gasteiger partial charge in [0.2, 0.25) is 0 Å². The number of benzene rings is 2. The molecule has 142 valence electrons. The van der Waals surface area contributed by atoms with Crippen molar-refractivity contribution < 1.29 is 21.6 Å². The summed E-state index contributed by atoms with van der Waals surface area (Å²) < 4.78 is 56.7. The lowest BCUT2D eigenvalue weighted by atomic mass is 10.2. The zero-order valence-corrected chi connectivity index (χ0v) is 16.5. The fourth-order valence-electron chi connectivity index (χ4n) is 2.84. The van der Waals surface area contributed by atoms with Gasteiger partial charge in [-0.05, 0) is 43.0 Å². The van der Waals surface area contributed by atoms with Crippen LogP contribution in [-0.4, -0.2) is 27.4 Å². The normalized spacial score (nSPS) is 15.1. The highest BCUT2D eigenvalue weighted by atomic mass is 35.7. The Hall–Kier alpha value is -2.03. The molecule has 4 rings (SSSR count). The summed E-state index contributed by atoms with van der Waals surface area (Å²) in [5, 5.41) is 0.225. The summed E-state index contributed by atoms with van der Waals surface area (Å²) in [5.41, 5.74) is 0.200. The van der Waals surface area contributed by atoms with E-state index in [0.29, 0.717) is 18.3 Å². The lowest BCUT2D eigenvalue weighted by molar-refractivity contribution is 0.300. The standard InChI is InChI=1S/C18H16ClNO5S2/c19-26(21,22)18-11-20(27(23,24)15-4-2-1-3-5-15)17-10-14(8-9-16(17)18)25-12-13-6-7-13/h1-5,8-11,13H,6-7,12H2. The van der Waals surface area contributed by atoms with Crippen LogP contribution in [0.4, 0.5) is 0 Å². The van der Waals surface area contributed by atoms with E-state index in [1.165, 1.54) is 24.3 Å². The molecule has 3 aromatic rings. The van der Waals surface area contributed by atoms with Crippen molar-refractivity contribution in [3.8, 4) is 5.75 Å². The second-order valence-electron chi connectivity index (χ2n) is 6.48. The van der Waals surface area contributed by atoms with Crippen LogP contribution in [-0.2, 0) is 19.1 Å². The van der Waals surface area contributed by atoms with Gasteiger partial charge in [-0.25, -0.2) is 20.8 Å². The zero-order valence-electron chi connectivity index (χ0n) is 14.1. The van der Waals surface area contributed by atoms with Gasteiger partial charge < -0.3 is 4.74 Å². The van der Waals surface area contributed by atoms with Crippen molar-refractivity contribution in [1.82, 2.24) is 3.97 Å². The number of rotatable bonds is 6. The molecule has 9 heteroatoms. The molecule has 6 nitrogen and oxygen atoms in total. The summed E-state index contributed by atoms with van der Waals surface area (Å²) in [6.07, 6.45) is 3.28. The van der Waals surface area contributed by atoms with E-state index in [2.05, 4.69) is 0 Å². The number of fused-ring (bicyclic) bond motifs is 1. The molecule has 1 aliphatic carbocycles. The van der Waals surface area contributed by atoms with Crippen LogP contribution in [0.2, 0.25) is 0 Å². The molecular formula is C18H16ClNO5S2. The first-order valence-electron chi connectivity index (χ1n) is 8.30. The summed E-state index contributed by atoms with van der Waals surface area (Å²) in [6, 6.07) is 12.5. The van der Waals surface area contributed by atoms with Gasteiger partial charge in [-0.15, -0.1) is 0 Å². The Morgan fingerprint density at radius 2 is 1.74 bits per heavy atom. The Morgan fingerprint density at radius 1 is 1.04 bits per heavy atom. The number of nitrogens with zero attached hydrogens (tertiary/aromatic N) is 1. The summed E-state index contributed by atoms with van der Waals surface area (Å²) in [4.78, 5) is -0.211. The molecule has 0 N–H and O–H groups in total. The van der Waals surface area contributed by atoms with Gasteiger partial charge in [0.1, 0.15) is 10.6 Å². The van der Waals surface area contributed by atoms with Crippen molar-refractivity contribution in [2.75, 3.05) is 6.61 Å². The van der Waals surface area contributed by atoms with Crippen LogP contribution in [0.25, 0.3) is 10.9 Å². The maximum atomic E-state index is 13.1. The van der Waals surface area contributed by atoms with E-state index in [0.717, 1.165) is 23.0 Å². The van der Waals surface area contributed by atoms with Crippen molar-refractivity contribution in [3.63, 3.8) is 0 Å². The lowest BCUT2D eigenvalue weighted by Gasteiger charge is -2.09. The second-order valence-corrected chi connectivity index (χ2v) is 10.8. The highest BCUT2D eigenvalue weighted by Crippen LogP contribution is 2.34. The minimum atomic E-state index is -4.13. The van der Waals surface area contributed by atoms with Gasteiger partial charge in [0.15, 0.2) is 0 Å². The Labute approximate surface area is 161 Å². The third-order valence-corrected chi connectivity index (χ3v) is 7.49. The third-order valence-electron chi connectivity index (χ3n) is 4.45. The zero-order chi connectivity index (χ0) is 19.2. The molecule has 0 unspecified atom stereocenters. The molecule has 1 aliphatic rings. The Morgan fingerprint density at radius 3 is 2.37 bits per heavy atom. The molecule has 1 aromatic heterocycles. The van der Waals surface area contributed by atoms with E-state index in [1.807, 2.05) is 0 Å². The van der Waals surface area contributed by atoms with Crippen LogP contribution >= 0.6 is 10.7 Å². The molecule has 0 radical (unpaired) electrons. The van der Waals surface area contributed by atoms with Crippen LogP contribution in [0.15, 0.2) is 64.5 Å². The largest absolute Gasteiger partial charge is 0.493 e. The van der Waals surface area contributed by atoms with Crippen LogP contribution in [0.1, 0.15) is 12.8 Å². The fraction of sp³-hybridized carbons (Fsp3) is 0.222. The van der Waals surface area contributed by atoms with E-state index in [4.69, 9.17) is 15.4 Å². The van der Waals surface area contributed by atoms with Crippen molar-refractivity contribution >= 4 is 40.7 Å². The fourth-order valence-corrected chi connectivity index (χ4v) is 5.32. The highest BCUT2D eigenvalue weighted by molar-refractivity contribution is 8.14. The summed E-state index contributed by atoms with van der Waals surface area (Å²) >= 11 is 0. The second kappa shape index (κ2) is 6.54. The lowest BCUT2D eigenvalue weighted by Crippen LogP contribution is -2.11. The molecule has 0 amide bonds. The Balaban J connectivity index is 1.91. The smallest absolute Gasteiger partial charge is 0.268 e. The predicted octanol–water partition coefficient (Wildman–Crippen LogP) is 3.59. The number of halogens is 1. The van der Waals surface area contributed by atoms with Gasteiger partial charge in [-0.2, -0.15) is 0 Å². The topological polar surface area (TPSA) is 82.4 Å². The minimum Gasteiger partial charge on any atom is -0.493 e. The maximum Gasteiger partial charge on any atom is 0.268 e. The summed E-state index contributed by atoms with van der Waals surface area (Å²) in [7, 11) is -2.61. The molecule has 0 atom stereocenters. The van der Waals surface area contributed by atoms with Gasteiger partial charge in [0.25, 0.3) is 19.1 Å². The molecule has 0 spiro atoms. The molecule has 0 saturated heterocycles. The van der Waals surface area contributed by atoms with Crippen LogP contribution in [0, 0.1) is 5.92 Å². The summed E-state index contributed by atoms with van der Waals surface area (Å²) in [5.74, 6) is 1.01. The molecule has 0 aliphatic heterocycles. The minimum absolute atomic E-state index is 0.0460. The highest BCUT2D eigenvalue weighted by Gasteiger charge is 2.26. The predicted molar refractivity (Wildman–Crippen MR) is 102 cm³/mol. The van der Waals surface area contributed by atoms with Gasteiger partial charge in [-0.1, -0.05) is 18.2 Å². The first kappa shape index (κ1) is 18.3. The van der Waals surface area contributed by atoms with Gasteiger partial charge in [-0.3, -0.25) is 0 Å². The first-order valence-corrected chi connectivity index (χ1v) is 12.0. The quantitative estimate of drug-likeness (QED) is 0.563. The van der Waals surface area contributed by atoms with E-state index >= 15 is 0 Å². The van der Waals surface area contributed by atoms with E-state index < -0.39 is 19.1 Å². The van der Waals surface area contributed by atoms with Gasteiger partial charge in [0.05, 0.1) is 17.0 Å². The molecule has 1 fully saturated rings.